The van der Waals surface area contributed by atoms with E-state index in [0.717, 1.165) is 11.3 Å². The average molecular weight is 276 g/mol. The molecular weight excluding hydrogens is 262 g/mol. The van der Waals surface area contributed by atoms with Gasteiger partial charge in [0.1, 0.15) is 5.82 Å². The Kier molecular flexibility index (Phi) is 4.12. The van der Waals surface area contributed by atoms with Crippen molar-refractivity contribution in [1.82, 2.24) is 9.97 Å². The van der Waals surface area contributed by atoms with Gasteiger partial charge < -0.3 is 4.98 Å². The molecule has 98 valence electrons. The Morgan fingerprint density at radius 1 is 1.37 bits per heavy atom. The monoisotopic (exact) mass is 275 g/mol. The van der Waals surface area contributed by atoms with E-state index in [1.165, 1.54) is 0 Å². The van der Waals surface area contributed by atoms with E-state index in [-0.39, 0.29) is 5.56 Å². The van der Waals surface area contributed by atoms with E-state index in [1.54, 1.807) is 19.2 Å². The number of H-pyrrole nitrogens is 1. The summed E-state index contributed by atoms with van der Waals surface area (Å²) in [6.07, 6.45) is 1.68. The Bertz CT molecular complexity index is 677. The Labute approximate surface area is 116 Å². The second kappa shape index (κ2) is 5.80. The summed E-state index contributed by atoms with van der Waals surface area (Å²) in [5.41, 5.74) is 2.09. The van der Waals surface area contributed by atoms with Crippen LogP contribution >= 0.6 is 11.6 Å². The van der Waals surface area contributed by atoms with Gasteiger partial charge in [0.2, 0.25) is 0 Å². The van der Waals surface area contributed by atoms with Crippen LogP contribution in [0.25, 0.3) is 0 Å². The molecule has 2 aromatic rings. The molecule has 0 aliphatic heterocycles. The van der Waals surface area contributed by atoms with Gasteiger partial charge in [-0.05, 0) is 19.9 Å². The third-order valence-corrected chi connectivity index (χ3v) is 3.16. The van der Waals surface area contributed by atoms with Crippen LogP contribution in [0.1, 0.15) is 22.6 Å². The van der Waals surface area contributed by atoms with E-state index in [2.05, 4.69) is 15.0 Å². The van der Waals surface area contributed by atoms with Crippen LogP contribution in [0.5, 0.6) is 0 Å². The van der Waals surface area contributed by atoms with E-state index in [4.69, 9.17) is 11.6 Å². The van der Waals surface area contributed by atoms with Crippen molar-refractivity contribution in [3.05, 3.63) is 62.3 Å². The lowest BCUT2D eigenvalue weighted by Gasteiger charge is -2.01. The van der Waals surface area contributed by atoms with Crippen molar-refractivity contribution in [1.29, 1.82) is 0 Å². The number of aromatic amines is 1. The fraction of sp³-hybridized carbons (Fsp3) is 0.214. The van der Waals surface area contributed by atoms with Crippen LogP contribution in [0, 0.1) is 13.8 Å². The molecule has 1 N–H and O–H groups in total. The maximum Gasteiger partial charge on any atom is 0.254 e. The number of aryl methyl sites for hydroxylation is 1. The quantitative estimate of drug-likeness (QED) is 0.876. The van der Waals surface area contributed by atoms with Gasteiger partial charge in [-0.2, -0.15) is 0 Å². The van der Waals surface area contributed by atoms with Crippen molar-refractivity contribution in [3.63, 3.8) is 0 Å². The molecule has 0 spiro atoms. The van der Waals surface area contributed by atoms with E-state index in [0.29, 0.717) is 23.0 Å². The summed E-state index contributed by atoms with van der Waals surface area (Å²) in [5, 5.41) is 0.646. The van der Waals surface area contributed by atoms with Gasteiger partial charge in [0.15, 0.2) is 0 Å². The number of aromatic nitrogens is 2. The molecule has 0 atom stereocenters. The molecule has 1 heterocycles. The Balaban J connectivity index is 2.15. The predicted molar refractivity (Wildman–Crippen MR) is 77.1 cm³/mol. The van der Waals surface area contributed by atoms with Crippen molar-refractivity contribution in [3.8, 4) is 0 Å². The molecule has 0 bridgehead atoms. The van der Waals surface area contributed by atoms with E-state index < -0.39 is 0 Å². The highest BCUT2D eigenvalue weighted by Crippen LogP contribution is 2.12. The number of nitrogens with one attached hydrogen (secondary N) is 1. The van der Waals surface area contributed by atoms with E-state index in [9.17, 15) is 4.79 Å². The normalized spacial score (nSPS) is 11.1. The third-order valence-electron chi connectivity index (χ3n) is 2.82. The maximum absolute atomic E-state index is 11.6. The van der Waals surface area contributed by atoms with Gasteiger partial charge in [0.05, 0.1) is 6.54 Å². The summed E-state index contributed by atoms with van der Waals surface area (Å²) in [7, 11) is 0. The number of hydrogen-bond donors (Lipinski definition) is 1. The summed E-state index contributed by atoms with van der Waals surface area (Å²) >= 11 is 6.01. The average Bonchev–Trinajstić information content (AvgIpc) is 2.38. The minimum Gasteiger partial charge on any atom is -0.309 e. The lowest BCUT2D eigenvalue weighted by atomic mass is 10.2. The van der Waals surface area contributed by atoms with E-state index >= 15 is 0 Å². The Hall–Kier alpha value is -1.94. The summed E-state index contributed by atoms with van der Waals surface area (Å²) < 4.78 is 0. The van der Waals surface area contributed by atoms with Crippen molar-refractivity contribution in [2.45, 2.75) is 20.4 Å². The first-order valence-electron chi connectivity index (χ1n) is 5.88. The first kappa shape index (κ1) is 13.5. The van der Waals surface area contributed by atoms with Gasteiger partial charge in [-0.3, -0.25) is 9.79 Å². The van der Waals surface area contributed by atoms with Crippen LogP contribution in [0.2, 0.25) is 5.02 Å². The Morgan fingerprint density at radius 3 is 2.79 bits per heavy atom. The fourth-order valence-corrected chi connectivity index (χ4v) is 1.77. The molecule has 0 radical (unpaired) electrons. The third kappa shape index (κ3) is 3.29. The fourth-order valence-electron chi connectivity index (χ4n) is 1.59. The van der Waals surface area contributed by atoms with Crippen LogP contribution < -0.4 is 5.56 Å². The predicted octanol–water partition coefficient (Wildman–Crippen LogP) is 2.66. The van der Waals surface area contributed by atoms with Gasteiger partial charge >= 0.3 is 0 Å². The molecular formula is C14H14ClN3O. The van der Waals surface area contributed by atoms with Gasteiger partial charge in [0.25, 0.3) is 5.56 Å². The molecule has 5 heteroatoms. The van der Waals surface area contributed by atoms with Gasteiger partial charge in [-0.25, -0.2) is 4.98 Å². The summed E-state index contributed by atoms with van der Waals surface area (Å²) in [5.74, 6) is 0.552. The topological polar surface area (TPSA) is 58.1 Å². The number of hydrogen-bond acceptors (Lipinski definition) is 3. The number of aliphatic imine (C=N–C) groups is 1. The molecule has 0 amide bonds. The molecule has 4 nitrogen and oxygen atoms in total. The molecule has 2 rings (SSSR count). The zero-order valence-corrected chi connectivity index (χ0v) is 11.5. The molecule has 1 aromatic heterocycles. The first-order chi connectivity index (χ1) is 9.08. The van der Waals surface area contributed by atoms with Crippen LogP contribution in [0.15, 0.2) is 34.1 Å². The number of benzene rings is 1. The molecule has 0 saturated carbocycles. The van der Waals surface area contributed by atoms with E-state index in [1.807, 2.05) is 25.1 Å². The lowest BCUT2D eigenvalue weighted by molar-refractivity contribution is 0.865. The number of nitrogens with zero attached hydrogens (tertiary/aromatic N) is 2. The number of halogens is 1. The SMILES string of the molecule is Cc1nc(CN=Cc2ccccc2Cl)[nH]c(=O)c1C. The minimum atomic E-state index is -0.115. The zero-order chi connectivity index (χ0) is 13.8. The highest BCUT2D eigenvalue weighted by atomic mass is 35.5. The standard InChI is InChI=1S/C14H14ClN3O/c1-9-10(2)17-13(18-14(9)19)8-16-7-11-5-3-4-6-12(11)15/h3-7H,8H2,1-2H3,(H,17,18,19). The van der Waals surface area contributed by atoms with Crippen LogP contribution in [-0.4, -0.2) is 16.2 Å². The number of rotatable bonds is 3. The van der Waals surface area contributed by atoms with Gasteiger partial charge in [-0.15, -0.1) is 0 Å². The molecule has 0 aliphatic rings. The van der Waals surface area contributed by atoms with Crippen molar-refractivity contribution >= 4 is 17.8 Å². The first-order valence-corrected chi connectivity index (χ1v) is 6.26. The van der Waals surface area contributed by atoms with Gasteiger partial charge in [-0.1, -0.05) is 29.8 Å². The Morgan fingerprint density at radius 2 is 2.11 bits per heavy atom. The van der Waals surface area contributed by atoms with Crippen molar-refractivity contribution in [2.75, 3.05) is 0 Å². The van der Waals surface area contributed by atoms with Crippen molar-refractivity contribution in [2.24, 2.45) is 4.99 Å². The highest BCUT2D eigenvalue weighted by molar-refractivity contribution is 6.33. The summed E-state index contributed by atoms with van der Waals surface area (Å²) in [4.78, 5) is 22.8. The molecule has 0 saturated heterocycles. The molecule has 0 fully saturated rings. The van der Waals surface area contributed by atoms with Crippen LogP contribution in [0.4, 0.5) is 0 Å². The maximum atomic E-state index is 11.6. The summed E-state index contributed by atoms with van der Waals surface area (Å²) in [6.45, 7) is 3.88. The van der Waals surface area contributed by atoms with Crippen LogP contribution in [-0.2, 0) is 6.54 Å². The van der Waals surface area contributed by atoms with Crippen LogP contribution in [0.3, 0.4) is 0 Å². The zero-order valence-electron chi connectivity index (χ0n) is 10.8. The molecule has 1 aromatic carbocycles. The minimum absolute atomic E-state index is 0.115. The molecule has 0 unspecified atom stereocenters. The summed E-state index contributed by atoms with van der Waals surface area (Å²) in [6, 6.07) is 7.44. The molecule has 19 heavy (non-hydrogen) atoms. The highest BCUT2D eigenvalue weighted by Gasteiger charge is 2.02. The second-order valence-electron chi connectivity index (χ2n) is 4.21. The lowest BCUT2D eigenvalue weighted by Crippen LogP contribution is -2.16. The smallest absolute Gasteiger partial charge is 0.254 e. The largest absolute Gasteiger partial charge is 0.309 e. The second-order valence-corrected chi connectivity index (χ2v) is 4.62. The molecule has 0 aliphatic carbocycles. The van der Waals surface area contributed by atoms with Gasteiger partial charge in [0, 0.05) is 28.1 Å². The van der Waals surface area contributed by atoms with Crippen molar-refractivity contribution < 1.29 is 0 Å².